The number of fused-ring (bicyclic) bond motifs is 2. The molecule has 0 aromatic carbocycles. The van der Waals surface area contributed by atoms with E-state index < -0.39 is 35.6 Å². The molecule has 3 rings (SSSR count). The van der Waals surface area contributed by atoms with Gasteiger partial charge in [0.1, 0.15) is 11.9 Å². The minimum atomic E-state index is -1.26. The van der Waals surface area contributed by atoms with Crippen LogP contribution in [0.15, 0.2) is 17.2 Å². The third-order valence-corrected chi connectivity index (χ3v) is 7.72. The number of aromatic nitrogens is 4. The summed E-state index contributed by atoms with van der Waals surface area (Å²) in [6.45, 7) is 11.1. The summed E-state index contributed by atoms with van der Waals surface area (Å²) in [5, 5.41) is 32.9. The highest BCUT2D eigenvalue weighted by atomic mass is 32.1. The van der Waals surface area contributed by atoms with Gasteiger partial charge in [-0.1, -0.05) is 32.9 Å². The highest BCUT2D eigenvalue weighted by molar-refractivity contribution is 7.09. The Morgan fingerprint density at radius 1 is 1.26 bits per heavy atom. The summed E-state index contributed by atoms with van der Waals surface area (Å²) in [4.78, 5) is 30.5. The first-order valence-corrected chi connectivity index (χ1v) is 12.9. The summed E-state index contributed by atoms with van der Waals surface area (Å²) in [7, 11) is 0. The first-order valence-electron chi connectivity index (χ1n) is 12.0. The SMILES string of the molecule is C/C(=C\c1csc(C)n1)[C@@H]1Cc2cn(nn2)CC[C@H](C)[C@H](O)[C@@H](C)C(=O)C(C)(C)[C@@H](O)CC(=O)O1. The van der Waals surface area contributed by atoms with Crippen molar-refractivity contribution in [3.05, 3.63) is 33.5 Å². The maximum absolute atomic E-state index is 13.2. The van der Waals surface area contributed by atoms with Gasteiger partial charge < -0.3 is 14.9 Å². The molecule has 10 heteroatoms. The van der Waals surface area contributed by atoms with Crippen molar-refractivity contribution in [3.8, 4) is 0 Å². The Morgan fingerprint density at radius 2 is 1.97 bits per heavy atom. The number of aliphatic hydroxyl groups is 2. The van der Waals surface area contributed by atoms with Crippen molar-refractivity contribution >= 4 is 29.2 Å². The monoisotopic (exact) mass is 504 g/mol. The van der Waals surface area contributed by atoms with E-state index in [2.05, 4.69) is 15.3 Å². The van der Waals surface area contributed by atoms with Crippen LogP contribution in [0.3, 0.4) is 0 Å². The minimum Gasteiger partial charge on any atom is -0.457 e. The van der Waals surface area contributed by atoms with Crippen molar-refractivity contribution in [3.63, 3.8) is 0 Å². The van der Waals surface area contributed by atoms with Gasteiger partial charge in [0.25, 0.3) is 0 Å². The lowest BCUT2D eigenvalue weighted by Crippen LogP contribution is -2.45. The van der Waals surface area contributed by atoms with Gasteiger partial charge in [-0.3, -0.25) is 14.3 Å². The first kappa shape index (κ1) is 27.2. The molecule has 0 amide bonds. The van der Waals surface area contributed by atoms with E-state index in [1.807, 2.05) is 32.2 Å². The van der Waals surface area contributed by atoms with Gasteiger partial charge in [0.2, 0.25) is 0 Å². The molecule has 5 atom stereocenters. The molecule has 0 unspecified atom stereocenters. The number of esters is 1. The summed E-state index contributed by atoms with van der Waals surface area (Å²) in [5.74, 6) is -1.79. The van der Waals surface area contributed by atoms with Crippen molar-refractivity contribution in [2.24, 2.45) is 17.3 Å². The average molecular weight is 505 g/mol. The van der Waals surface area contributed by atoms with Gasteiger partial charge in [-0.15, -0.1) is 16.4 Å². The molecule has 0 saturated carbocycles. The molecule has 0 radical (unpaired) electrons. The number of carbonyl (C=O) groups is 2. The molecular formula is C25H36N4O5S. The van der Waals surface area contributed by atoms with E-state index in [0.29, 0.717) is 25.1 Å². The Balaban J connectivity index is 1.92. The van der Waals surface area contributed by atoms with Gasteiger partial charge in [-0.05, 0) is 37.8 Å². The van der Waals surface area contributed by atoms with E-state index in [4.69, 9.17) is 4.74 Å². The number of rotatable bonds is 2. The summed E-state index contributed by atoms with van der Waals surface area (Å²) < 4.78 is 7.49. The molecule has 2 bridgehead atoms. The third-order valence-electron chi connectivity index (χ3n) is 6.93. The van der Waals surface area contributed by atoms with Crippen molar-refractivity contribution in [2.75, 3.05) is 0 Å². The standard InChI is InChI=1S/C25H36N4O5S/c1-14-7-8-29-12-18(27-28-29)10-20(15(2)9-19-13-35-17(4)26-19)34-22(31)11-21(30)25(5,6)24(33)16(3)23(14)32/h9,12-14,16,20-21,23,30,32H,7-8,10-11H2,1-6H3/b15-9+/t14-,16+,20-,21-,23-/m0/s1. The van der Waals surface area contributed by atoms with E-state index in [0.717, 1.165) is 16.3 Å². The molecule has 2 aromatic rings. The smallest absolute Gasteiger partial charge is 0.309 e. The van der Waals surface area contributed by atoms with Crippen LogP contribution in [0, 0.1) is 24.2 Å². The number of ketones is 1. The molecule has 192 valence electrons. The Morgan fingerprint density at radius 3 is 2.63 bits per heavy atom. The maximum Gasteiger partial charge on any atom is 0.309 e. The first-order chi connectivity index (χ1) is 16.4. The predicted octanol–water partition coefficient (Wildman–Crippen LogP) is 2.98. The zero-order chi connectivity index (χ0) is 25.9. The molecule has 2 N–H and O–H groups in total. The average Bonchev–Trinajstić information content (AvgIpc) is 3.42. The number of aliphatic hydroxyl groups excluding tert-OH is 2. The van der Waals surface area contributed by atoms with Gasteiger partial charge in [-0.2, -0.15) is 0 Å². The summed E-state index contributed by atoms with van der Waals surface area (Å²) >= 11 is 1.53. The third kappa shape index (κ3) is 6.62. The lowest BCUT2D eigenvalue weighted by Gasteiger charge is -2.34. The van der Waals surface area contributed by atoms with E-state index in [1.165, 1.54) is 11.3 Å². The quantitative estimate of drug-likeness (QED) is 0.598. The molecule has 1 aliphatic rings. The summed E-state index contributed by atoms with van der Waals surface area (Å²) in [6, 6.07) is 0. The number of nitrogens with zero attached hydrogens (tertiary/aromatic N) is 4. The number of hydrogen-bond donors (Lipinski definition) is 2. The van der Waals surface area contributed by atoms with E-state index in [-0.39, 0.29) is 18.1 Å². The molecular weight excluding hydrogens is 468 g/mol. The van der Waals surface area contributed by atoms with Crippen LogP contribution in [-0.4, -0.2) is 60.3 Å². The maximum atomic E-state index is 13.2. The number of hydrogen-bond acceptors (Lipinski definition) is 9. The molecule has 0 spiro atoms. The van der Waals surface area contributed by atoms with Gasteiger partial charge in [0, 0.05) is 30.5 Å². The second kappa shape index (κ2) is 11.1. The summed E-state index contributed by atoms with van der Waals surface area (Å²) in [6.07, 6.45) is 1.47. The molecule has 1 aliphatic heterocycles. The zero-order valence-corrected chi connectivity index (χ0v) is 22.1. The van der Waals surface area contributed by atoms with Crippen LogP contribution < -0.4 is 0 Å². The fourth-order valence-corrected chi connectivity index (χ4v) is 4.90. The molecule has 3 heterocycles. The number of ether oxygens (including phenoxy) is 1. The van der Waals surface area contributed by atoms with Gasteiger partial charge in [-0.25, -0.2) is 4.98 Å². The Bertz CT molecular complexity index is 1080. The zero-order valence-electron chi connectivity index (χ0n) is 21.3. The van der Waals surface area contributed by atoms with Crippen molar-refractivity contribution in [1.82, 2.24) is 20.0 Å². The fraction of sp³-hybridized carbons (Fsp3) is 0.640. The number of cyclic esters (lactones) is 1. The highest BCUT2D eigenvalue weighted by Gasteiger charge is 2.42. The minimum absolute atomic E-state index is 0.174. The predicted molar refractivity (Wildman–Crippen MR) is 132 cm³/mol. The van der Waals surface area contributed by atoms with Crippen molar-refractivity contribution in [1.29, 1.82) is 0 Å². The second-order valence-corrected chi connectivity index (χ2v) is 11.2. The molecule has 0 fully saturated rings. The number of Topliss-reactive ketones (excluding diaryl/α,β-unsaturated/α-hetero) is 1. The molecule has 2 aromatic heterocycles. The normalized spacial score (nSPS) is 29.1. The fourth-order valence-electron chi connectivity index (χ4n) is 4.32. The van der Waals surface area contributed by atoms with Crippen molar-refractivity contribution < 1.29 is 24.5 Å². The van der Waals surface area contributed by atoms with E-state index in [1.54, 1.807) is 31.6 Å². The number of aryl methyl sites for hydroxylation is 2. The molecule has 35 heavy (non-hydrogen) atoms. The van der Waals surface area contributed by atoms with Gasteiger partial charge in [0.15, 0.2) is 0 Å². The highest BCUT2D eigenvalue weighted by Crippen LogP contribution is 2.32. The Hall–Kier alpha value is -2.43. The van der Waals surface area contributed by atoms with Crippen molar-refractivity contribution in [2.45, 2.75) is 85.7 Å². The van der Waals surface area contributed by atoms with Gasteiger partial charge in [0.05, 0.1) is 40.4 Å². The summed E-state index contributed by atoms with van der Waals surface area (Å²) in [5.41, 5.74) is 0.999. The Labute approximate surface area is 210 Å². The van der Waals surface area contributed by atoms with E-state index >= 15 is 0 Å². The topological polar surface area (TPSA) is 127 Å². The van der Waals surface area contributed by atoms with Crippen LogP contribution in [0.25, 0.3) is 6.08 Å². The molecule has 0 saturated heterocycles. The van der Waals surface area contributed by atoms with Crippen LogP contribution in [-0.2, 0) is 27.3 Å². The van der Waals surface area contributed by atoms with Crippen LogP contribution in [0.1, 0.15) is 63.9 Å². The molecule has 0 aliphatic carbocycles. The second-order valence-electron chi connectivity index (χ2n) is 10.2. The lowest BCUT2D eigenvalue weighted by molar-refractivity contribution is -0.154. The van der Waals surface area contributed by atoms with Crippen LogP contribution in [0.4, 0.5) is 0 Å². The lowest BCUT2D eigenvalue weighted by atomic mass is 9.73. The van der Waals surface area contributed by atoms with Gasteiger partial charge >= 0.3 is 5.97 Å². The largest absolute Gasteiger partial charge is 0.457 e. The van der Waals surface area contributed by atoms with E-state index in [9.17, 15) is 19.8 Å². The van der Waals surface area contributed by atoms with Crippen LogP contribution in [0.2, 0.25) is 0 Å². The molecule has 9 nitrogen and oxygen atoms in total. The van der Waals surface area contributed by atoms with Crippen LogP contribution >= 0.6 is 11.3 Å². The number of carbonyl (C=O) groups excluding carboxylic acids is 2. The Kier molecular flexibility index (Phi) is 8.61. The number of thiazole rings is 1. The van der Waals surface area contributed by atoms with Crippen LogP contribution in [0.5, 0.6) is 0 Å².